The number of nitrogens with zero attached hydrogens (tertiary/aromatic N) is 2. The van der Waals surface area contributed by atoms with Crippen molar-refractivity contribution < 1.29 is 9.66 Å². The Hall–Kier alpha value is -2.44. The van der Waals surface area contributed by atoms with Crippen LogP contribution in [0.2, 0.25) is 0 Å². The fraction of sp³-hybridized carbons (Fsp3) is 0.333. The fourth-order valence-corrected chi connectivity index (χ4v) is 3.34. The van der Waals surface area contributed by atoms with Crippen molar-refractivity contribution in [2.45, 2.75) is 18.5 Å². The molecule has 0 bridgehead atoms. The Morgan fingerprint density at radius 1 is 1.25 bits per heavy atom. The Labute approximate surface area is 141 Å². The lowest BCUT2D eigenvalue weighted by Crippen LogP contribution is -2.28. The number of rotatable bonds is 5. The summed E-state index contributed by atoms with van der Waals surface area (Å²) < 4.78 is 5.35. The zero-order valence-corrected chi connectivity index (χ0v) is 13.6. The molecule has 2 atom stereocenters. The van der Waals surface area contributed by atoms with Gasteiger partial charge in [0.25, 0.3) is 5.69 Å². The first-order chi connectivity index (χ1) is 11.6. The van der Waals surface area contributed by atoms with Gasteiger partial charge < -0.3 is 10.5 Å². The van der Waals surface area contributed by atoms with E-state index >= 15 is 0 Å². The number of hydrogen-bond acceptors (Lipinski definition) is 5. The van der Waals surface area contributed by atoms with E-state index in [4.69, 9.17) is 10.5 Å². The molecule has 0 unspecified atom stereocenters. The molecule has 1 fully saturated rings. The molecule has 0 aliphatic carbocycles. The van der Waals surface area contributed by atoms with E-state index < -0.39 is 0 Å². The minimum absolute atomic E-state index is 0.0529. The lowest BCUT2D eigenvalue weighted by molar-refractivity contribution is -0.384. The molecule has 6 nitrogen and oxygen atoms in total. The number of methoxy groups -OCH3 is 1. The molecule has 2 N–H and O–H groups in total. The van der Waals surface area contributed by atoms with Crippen LogP contribution in [0.15, 0.2) is 48.5 Å². The fourth-order valence-electron chi connectivity index (χ4n) is 3.34. The molecular weight excluding hydrogens is 306 g/mol. The van der Waals surface area contributed by atoms with Gasteiger partial charge in [-0.25, -0.2) is 0 Å². The minimum atomic E-state index is -0.384. The van der Waals surface area contributed by atoms with Crippen LogP contribution in [0, 0.1) is 10.1 Å². The lowest BCUT2D eigenvalue weighted by Gasteiger charge is -2.17. The van der Waals surface area contributed by atoms with E-state index in [2.05, 4.69) is 17.0 Å². The largest absolute Gasteiger partial charge is 0.496 e. The van der Waals surface area contributed by atoms with Crippen LogP contribution in [0.1, 0.15) is 17.0 Å². The van der Waals surface area contributed by atoms with E-state index in [0.29, 0.717) is 12.3 Å². The van der Waals surface area contributed by atoms with Gasteiger partial charge in [0, 0.05) is 49.3 Å². The summed E-state index contributed by atoms with van der Waals surface area (Å²) in [6, 6.07) is 15.0. The van der Waals surface area contributed by atoms with Crippen LogP contribution in [0.5, 0.6) is 5.75 Å². The second-order valence-corrected chi connectivity index (χ2v) is 6.13. The van der Waals surface area contributed by atoms with Crippen LogP contribution >= 0.6 is 0 Å². The van der Waals surface area contributed by atoms with Crippen molar-refractivity contribution in [3.63, 3.8) is 0 Å². The zero-order valence-electron chi connectivity index (χ0n) is 13.6. The van der Waals surface area contributed by atoms with Crippen LogP contribution < -0.4 is 10.5 Å². The first-order valence-electron chi connectivity index (χ1n) is 7.92. The summed E-state index contributed by atoms with van der Waals surface area (Å²) in [5, 5.41) is 11.0. The lowest BCUT2D eigenvalue weighted by atomic mass is 9.95. The molecule has 1 saturated heterocycles. The molecule has 24 heavy (non-hydrogen) atoms. The summed E-state index contributed by atoms with van der Waals surface area (Å²) in [4.78, 5) is 12.9. The number of ether oxygens (including phenoxy) is 1. The summed E-state index contributed by atoms with van der Waals surface area (Å²) in [7, 11) is 1.58. The van der Waals surface area contributed by atoms with Crippen LogP contribution in [0.4, 0.5) is 5.69 Å². The quantitative estimate of drug-likeness (QED) is 0.674. The third-order valence-electron chi connectivity index (χ3n) is 4.54. The average Bonchev–Trinajstić information content (AvgIpc) is 2.96. The molecule has 1 heterocycles. The minimum Gasteiger partial charge on any atom is -0.496 e. The molecule has 2 aromatic rings. The van der Waals surface area contributed by atoms with Gasteiger partial charge in [-0.05, 0) is 11.6 Å². The second-order valence-electron chi connectivity index (χ2n) is 6.13. The molecular formula is C18H21N3O3. The molecule has 1 aliphatic heterocycles. The van der Waals surface area contributed by atoms with Crippen molar-refractivity contribution in [3.05, 3.63) is 69.8 Å². The Bertz CT molecular complexity index is 721. The number of nitro benzene ring substituents is 1. The van der Waals surface area contributed by atoms with Gasteiger partial charge in [0.05, 0.1) is 12.0 Å². The normalized spacial score (nSPS) is 20.9. The van der Waals surface area contributed by atoms with Crippen LogP contribution in [0.3, 0.4) is 0 Å². The first-order valence-corrected chi connectivity index (χ1v) is 7.92. The molecule has 3 rings (SSSR count). The average molecular weight is 327 g/mol. The summed E-state index contributed by atoms with van der Waals surface area (Å²) in [5.74, 6) is 0.938. The predicted octanol–water partition coefficient (Wildman–Crippen LogP) is 2.53. The van der Waals surface area contributed by atoms with E-state index in [1.54, 1.807) is 19.2 Å². The first kappa shape index (κ1) is 16.4. The Kier molecular flexibility index (Phi) is 4.78. The van der Waals surface area contributed by atoms with Gasteiger partial charge in [0.15, 0.2) is 0 Å². The number of benzene rings is 2. The smallest absolute Gasteiger partial charge is 0.270 e. The van der Waals surface area contributed by atoms with Crippen LogP contribution in [0.25, 0.3) is 0 Å². The summed E-state index contributed by atoms with van der Waals surface area (Å²) >= 11 is 0. The van der Waals surface area contributed by atoms with Crippen LogP contribution in [-0.4, -0.2) is 36.1 Å². The van der Waals surface area contributed by atoms with Gasteiger partial charge in [0.2, 0.25) is 0 Å². The van der Waals surface area contributed by atoms with Crippen molar-refractivity contribution in [1.82, 2.24) is 4.90 Å². The van der Waals surface area contributed by atoms with Gasteiger partial charge in [-0.15, -0.1) is 0 Å². The predicted molar refractivity (Wildman–Crippen MR) is 92.1 cm³/mol. The Morgan fingerprint density at radius 3 is 2.67 bits per heavy atom. The highest BCUT2D eigenvalue weighted by atomic mass is 16.6. The molecule has 0 spiro atoms. The maximum Gasteiger partial charge on any atom is 0.270 e. The maximum atomic E-state index is 11.0. The van der Waals surface area contributed by atoms with Crippen molar-refractivity contribution in [2.75, 3.05) is 20.2 Å². The number of non-ortho nitro benzene ring substituents is 1. The Balaban J connectivity index is 1.77. The van der Waals surface area contributed by atoms with E-state index in [-0.39, 0.29) is 22.6 Å². The van der Waals surface area contributed by atoms with Crippen molar-refractivity contribution in [2.24, 2.45) is 5.73 Å². The topological polar surface area (TPSA) is 81.6 Å². The van der Waals surface area contributed by atoms with Gasteiger partial charge >= 0.3 is 0 Å². The van der Waals surface area contributed by atoms with E-state index in [1.165, 1.54) is 11.6 Å². The van der Waals surface area contributed by atoms with Gasteiger partial charge in [-0.1, -0.05) is 30.3 Å². The summed E-state index contributed by atoms with van der Waals surface area (Å²) in [5.41, 5.74) is 8.45. The van der Waals surface area contributed by atoms with E-state index in [9.17, 15) is 10.1 Å². The summed E-state index contributed by atoms with van der Waals surface area (Å²) in [6.45, 7) is 2.17. The van der Waals surface area contributed by atoms with Crippen molar-refractivity contribution in [3.8, 4) is 5.75 Å². The standard InChI is InChI=1S/C18H21N3O3/c1-24-18-8-7-15(21(22)23)9-14(18)10-20-11-16(17(19)12-20)13-5-3-2-4-6-13/h2-9,16-17H,10-12,19H2,1H3/t16-,17+/m0/s1. The molecule has 0 saturated carbocycles. The van der Waals surface area contributed by atoms with Gasteiger partial charge in [-0.3, -0.25) is 15.0 Å². The highest BCUT2D eigenvalue weighted by Gasteiger charge is 2.31. The van der Waals surface area contributed by atoms with E-state index in [1.807, 2.05) is 18.2 Å². The van der Waals surface area contributed by atoms with Crippen molar-refractivity contribution >= 4 is 5.69 Å². The molecule has 2 aromatic carbocycles. The molecule has 0 aromatic heterocycles. The number of hydrogen-bond donors (Lipinski definition) is 1. The highest BCUT2D eigenvalue weighted by Crippen LogP contribution is 2.30. The molecule has 126 valence electrons. The van der Waals surface area contributed by atoms with Gasteiger partial charge in [0.1, 0.15) is 5.75 Å². The second kappa shape index (κ2) is 6.98. The monoisotopic (exact) mass is 327 g/mol. The molecule has 0 radical (unpaired) electrons. The van der Waals surface area contributed by atoms with E-state index in [0.717, 1.165) is 18.7 Å². The third kappa shape index (κ3) is 3.39. The summed E-state index contributed by atoms with van der Waals surface area (Å²) in [6.07, 6.45) is 0. The SMILES string of the molecule is COc1ccc([N+](=O)[O-])cc1CN1C[C@@H](N)[C@H](c2ccccc2)C1. The van der Waals surface area contributed by atoms with Crippen LogP contribution in [-0.2, 0) is 6.54 Å². The number of nitro groups is 1. The molecule has 6 heteroatoms. The highest BCUT2D eigenvalue weighted by molar-refractivity contribution is 5.44. The zero-order chi connectivity index (χ0) is 17.1. The maximum absolute atomic E-state index is 11.0. The number of likely N-dealkylation sites (tertiary alicyclic amines) is 1. The van der Waals surface area contributed by atoms with Gasteiger partial charge in [-0.2, -0.15) is 0 Å². The number of nitrogens with two attached hydrogens (primary N) is 1. The van der Waals surface area contributed by atoms with Crippen molar-refractivity contribution in [1.29, 1.82) is 0 Å². The molecule has 1 aliphatic rings. The molecule has 0 amide bonds. The Morgan fingerprint density at radius 2 is 2.00 bits per heavy atom. The third-order valence-corrected chi connectivity index (χ3v) is 4.54.